The first-order chi connectivity index (χ1) is 14.0. The van der Waals surface area contributed by atoms with Gasteiger partial charge in [0.2, 0.25) is 11.8 Å². The van der Waals surface area contributed by atoms with Crippen LogP contribution in [0.1, 0.15) is 30.1 Å². The molecule has 2 aliphatic rings. The highest BCUT2D eigenvalue weighted by molar-refractivity contribution is 6.13. The summed E-state index contributed by atoms with van der Waals surface area (Å²) in [7, 11) is 0. The maximum absolute atomic E-state index is 13.1. The van der Waals surface area contributed by atoms with Crippen LogP contribution in [0.4, 0.5) is 11.4 Å². The zero-order chi connectivity index (χ0) is 20.4. The maximum atomic E-state index is 13.1. The van der Waals surface area contributed by atoms with Gasteiger partial charge in [0.1, 0.15) is 5.41 Å². The summed E-state index contributed by atoms with van der Waals surface area (Å²) in [5.74, 6) is -0.409. The summed E-state index contributed by atoms with van der Waals surface area (Å²) >= 11 is 0. The molecule has 0 aromatic heterocycles. The van der Waals surface area contributed by atoms with Crippen LogP contribution in [0.15, 0.2) is 54.6 Å². The number of Topliss-reactive ketones (excluding diaryl/α,β-unsaturated/α-hetero) is 1. The average molecular weight is 391 g/mol. The fraction of sp³-hybridized carbons (Fsp3) is 0.348. The van der Waals surface area contributed by atoms with E-state index in [4.69, 9.17) is 0 Å². The minimum Gasteiger partial charge on any atom is -0.368 e. The van der Waals surface area contributed by atoms with Gasteiger partial charge in [0.05, 0.1) is 0 Å². The van der Waals surface area contributed by atoms with E-state index in [1.165, 1.54) is 6.92 Å². The molecule has 6 nitrogen and oxygen atoms in total. The van der Waals surface area contributed by atoms with Crippen molar-refractivity contribution >= 4 is 29.0 Å². The minimum atomic E-state index is -0.957. The van der Waals surface area contributed by atoms with Gasteiger partial charge in [-0.05, 0) is 44.0 Å². The number of hydrogen-bond acceptors (Lipinski definition) is 4. The molecule has 0 spiro atoms. The number of rotatable bonds is 5. The van der Waals surface area contributed by atoms with Gasteiger partial charge >= 0.3 is 0 Å². The number of hydrogen-bond donors (Lipinski definition) is 1. The molecule has 29 heavy (non-hydrogen) atoms. The molecule has 2 aromatic carbocycles. The van der Waals surface area contributed by atoms with Crippen LogP contribution in [-0.4, -0.2) is 48.7 Å². The second kappa shape index (κ2) is 7.70. The van der Waals surface area contributed by atoms with E-state index in [1.54, 1.807) is 24.3 Å². The molecule has 0 bridgehead atoms. The first-order valence-electron chi connectivity index (χ1n) is 10.0. The normalized spacial score (nSPS) is 17.6. The van der Waals surface area contributed by atoms with Crippen molar-refractivity contribution in [2.75, 3.05) is 36.4 Å². The third-order valence-corrected chi connectivity index (χ3v) is 5.81. The molecule has 1 heterocycles. The molecule has 2 amide bonds. The van der Waals surface area contributed by atoms with Gasteiger partial charge in [0.25, 0.3) is 0 Å². The van der Waals surface area contributed by atoms with E-state index in [0.29, 0.717) is 37.2 Å². The van der Waals surface area contributed by atoms with E-state index >= 15 is 0 Å². The molecule has 4 rings (SSSR count). The monoisotopic (exact) mass is 391 g/mol. The Morgan fingerprint density at radius 2 is 1.59 bits per heavy atom. The van der Waals surface area contributed by atoms with Gasteiger partial charge in [0, 0.05) is 43.1 Å². The van der Waals surface area contributed by atoms with Crippen molar-refractivity contribution in [1.82, 2.24) is 4.90 Å². The molecule has 0 radical (unpaired) electrons. The molecule has 1 saturated carbocycles. The fourth-order valence-corrected chi connectivity index (χ4v) is 3.84. The molecule has 1 aliphatic heterocycles. The summed E-state index contributed by atoms with van der Waals surface area (Å²) in [5.41, 5.74) is 1.29. The number of piperazine rings is 1. The summed E-state index contributed by atoms with van der Waals surface area (Å²) in [6.07, 6.45) is 1.14. The van der Waals surface area contributed by atoms with Gasteiger partial charge in [-0.25, -0.2) is 0 Å². The molecule has 1 N–H and O–H groups in total. The number of para-hydroxylation sites is 1. The zero-order valence-corrected chi connectivity index (χ0v) is 16.6. The Bertz CT molecular complexity index is 929. The first kappa shape index (κ1) is 19.2. The molecular weight excluding hydrogens is 366 g/mol. The van der Waals surface area contributed by atoms with Crippen molar-refractivity contribution in [3.8, 4) is 0 Å². The Hall–Kier alpha value is -3.15. The summed E-state index contributed by atoms with van der Waals surface area (Å²) in [6.45, 7) is 4.23. The van der Waals surface area contributed by atoms with Crippen molar-refractivity contribution in [3.05, 3.63) is 60.2 Å². The summed E-state index contributed by atoms with van der Waals surface area (Å²) < 4.78 is 0. The highest BCUT2D eigenvalue weighted by Gasteiger charge is 2.58. The number of anilines is 2. The molecule has 0 atom stereocenters. The number of carbonyl (C=O) groups excluding carboxylic acids is 3. The third-order valence-electron chi connectivity index (χ3n) is 5.81. The summed E-state index contributed by atoms with van der Waals surface area (Å²) in [5, 5.41) is 2.85. The van der Waals surface area contributed by atoms with E-state index in [9.17, 15) is 14.4 Å². The number of nitrogens with one attached hydrogen (secondary N) is 1. The third kappa shape index (κ3) is 3.88. The molecular formula is C23H25N3O3. The van der Waals surface area contributed by atoms with Crippen LogP contribution in [0.2, 0.25) is 0 Å². The molecule has 1 saturated heterocycles. The Morgan fingerprint density at radius 3 is 2.21 bits per heavy atom. The van der Waals surface area contributed by atoms with Gasteiger partial charge in [-0.3, -0.25) is 14.4 Å². The highest BCUT2D eigenvalue weighted by Crippen LogP contribution is 2.48. The Labute approximate surface area is 170 Å². The number of ketones is 1. The van der Waals surface area contributed by atoms with Crippen LogP contribution in [0.3, 0.4) is 0 Å². The second-order valence-corrected chi connectivity index (χ2v) is 7.79. The molecule has 0 unspecified atom stereocenters. The SMILES string of the molecule is CC(=O)c1cccc(NC(=O)C2(C(=O)N3CCN(c4ccccc4)CC3)CC2)c1. The smallest absolute Gasteiger partial charge is 0.240 e. The topological polar surface area (TPSA) is 69.7 Å². The maximum Gasteiger partial charge on any atom is 0.240 e. The fourth-order valence-electron chi connectivity index (χ4n) is 3.84. The average Bonchev–Trinajstić information content (AvgIpc) is 3.56. The standard InChI is InChI=1S/C23H25N3O3/c1-17(27)18-6-5-7-19(16-18)24-21(28)23(10-11-23)22(29)26-14-12-25(13-15-26)20-8-3-2-4-9-20/h2-9,16H,10-15H2,1H3,(H,24,28). The van der Waals surface area contributed by atoms with Gasteiger partial charge in [0.15, 0.2) is 5.78 Å². The predicted octanol–water partition coefficient (Wildman–Crippen LogP) is 2.96. The molecule has 150 valence electrons. The van der Waals surface area contributed by atoms with E-state index in [2.05, 4.69) is 22.3 Å². The zero-order valence-electron chi connectivity index (χ0n) is 16.6. The van der Waals surface area contributed by atoms with E-state index < -0.39 is 5.41 Å². The quantitative estimate of drug-likeness (QED) is 0.628. The second-order valence-electron chi connectivity index (χ2n) is 7.79. The largest absolute Gasteiger partial charge is 0.368 e. The lowest BCUT2D eigenvalue weighted by Crippen LogP contribution is -2.52. The van der Waals surface area contributed by atoms with Crippen LogP contribution in [0, 0.1) is 5.41 Å². The van der Waals surface area contributed by atoms with Crippen molar-refractivity contribution < 1.29 is 14.4 Å². The van der Waals surface area contributed by atoms with Crippen molar-refractivity contribution in [2.24, 2.45) is 5.41 Å². The molecule has 2 aromatic rings. The predicted molar refractivity (Wildman–Crippen MR) is 112 cm³/mol. The van der Waals surface area contributed by atoms with Crippen molar-refractivity contribution in [3.63, 3.8) is 0 Å². The van der Waals surface area contributed by atoms with Crippen molar-refractivity contribution in [1.29, 1.82) is 0 Å². The first-order valence-corrected chi connectivity index (χ1v) is 10.0. The van der Waals surface area contributed by atoms with Gasteiger partial charge in [-0.2, -0.15) is 0 Å². The summed E-state index contributed by atoms with van der Waals surface area (Å²) in [6, 6.07) is 17.0. The van der Waals surface area contributed by atoms with Crippen LogP contribution < -0.4 is 10.2 Å². The van der Waals surface area contributed by atoms with E-state index in [-0.39, 0.29) is 17.6 Å². The minimum absolute atomic E-state index is 0.0606. The van der Waals surface area contributed by atoms with Crippen LogP contribution in [0.25, 0.3) is 0 Å². The van der Waals surface area contributed by atoms with Gasteiger partial charge in [-0.1, -0.05) is 30.3 Å². The van der Waals surface area contributed by atoms with Crippen LogP contribution in [0.5, 0.6) is 0 Å². The Kier molecular flexibility index (Phi) is 5.09. The molecule has 1 aliphatic carbocycles. The Morgan fingerprint density at radius 1 is 0.897 bits per heavy atom. The van der Waals surface area contributed by atoms with Gasteiger partial charge in [-0.15, -0.1) is 0 Å². The van der Waals surface area contributed by atoms with Crippen LogP contribution >= 0.6 is 0 Å². The number of benzene rings is 2. The number of nitrogens with zero attached hydrogens (tertiary/aromatic N) is 2. The lowest BCUT2D eigenvalue weighted by Gasteiger charge is -2.37. The number of carbonyl (C=O) groups is 3. The molecule has 6 heteroatoms. The van der Waals surface area contributed by atoms with Crippen molar-refractivity contribution in [2.45, 2.75) is 19.8 Å². The van der Waals surface area contributed by atoms with Crippen LogP contribution in [-0.2, 0) is 9.59 Å². The van der Waals surface area contributed by atoms with E-state index in [1.807, 2.05) is 23.1 Å². The number of amides is 2. The lowest BCUT2D eigenvalue weighted by molar-refractivity contribution is -0.142. The molecule has 2 fully saturated rings. The highest BCUT2D eigenvalue weighted by atomic mass is 16.2. The van der Waals surface area contributed by atoms with Gasteiger partial charge < -0.3 is 15.1 Å². The van der Waals surface area contributed by atoms with E-state index in [0.717, 1.165) is 18.8 Å². The lowest BCUT2D eigenvalue weighted by atomic mass is 10.0. The summed E-state index contributed by atoms with van der Waals surface area (Å²) in [4.78, 5) is 41.7. The Balaban J connectivity index is 1.39.